The summed E-state index contributed by atoms with van der Waals surface area (Å²) in [6, 6.07) is 6.00. The molecule has 0 aliphatic rings. The van der Waals surface area contributed by atoms with Crippen LogP contribution in [0.25, 0.3) is 6.08 Å². The second-order valence-electron chi connectivity index (χ2n) is 4.74. The Morgan fingerprint density at radius 2 is 2.22 bits per heavy atom. The number of benzene rings is 1. The zero-order chi connectivity index (χ0) is 13.6. The zero-order valence-electron chi connectivity index (χ0n) is 10.6. The first-order chi connectivity index (χ1) is 8.43. The molecule has 3 nitrogen and oxygen atoms in total. The number of rotatable bonds is 5. The number of carbonyl (C=O) groups is 1. The third kappa shape index (κ3) is 5.10. The van der Waals surface area contributed by atoms with E-state index in [1.807, 2.05) is 13.8 Å². The third-order valence-corrected chi connectivity index (χ3v) is 2.47. The lowest BCUT2D eigenvalue weighted by Gasteiger charge is -2.24. The maximum Gasteiger partial charge on any atom is 0.244 e. The van der Waals surface area contributed by atoms with Crippen molar-refractivity contribution in [2.45, 2.75) is 25.8 Å². The van der Waals surface area contributed by atoms with Gasteiger partial charge < -0.3 is 10.4 Å². The van der Waals surface area contributed by atoms with Gasteiger partial charge in [0, 0.05) is 18.2 Å². The third-order valence-electron chi connectivity index (χ3n) is 2.47. The molecule has 4 heteroatoms. The van der Waals surface area contributed by atoms with Gasteiger partial charge in [-0.3, -0.25) is 4.79 Å². The van der Waals surface area contributed by atoms with E-state index in [1.54, 1.807) is 18.2 Å². The van der Waals surface area contributed by atoms with Crippen molar-refractivity contribution in [1.29, 1.82) is 0 Å². The lowest BCUT2D eigenvalue weighted by atomic mass is 10.0. The van der Waals surface area contributed by atoms with Crippen molar-refractivity contribution in [3.8, 4) is 0 Å². The Hall–Kier alpha value is -1.68. The average molecular weight is 251 g/mol. The molecule has 1 aromatic rings. The molecule has 1 aromatic carbocycles. The normalized spacial score (nSPS) is 11.8. The van der Waals surface area contributed by atoms with E-state index in [1.165, 1.54) is 18.2 Å². The highest BCUT2D eigenvalue weighted by atomic mass is 19.1. The Balaban J connectivity index is 2.60. The molecule has 2 N–H and O–H groups in total. The predicted molar refractivity (Wildman–Crippen MR) is 69.4 cm³/mol. The van der Waals surface area contributed by atoms with Crippen molar-refractivity contribution in [3.05, 3.63) is 41.7 Å². The Bertz CT molecular complexity index is 441. The van der Waals surface area contributed by atoms with Crippen LogP contribution in [0.3, 0.4) is 0 Å². The van der Waals surface area contributed by atoms with Crippen LogP contribution < -0.4 is 5.32 Å². The summed E-state index contributed by atoms with van der Waals surface area (Å²) >= 11 is 0. The van der Waals surface area contributed by atoms with Crippen molar-refractivity contribution >= 4 is 12.0 Å². The lowest BCUT2D eigenvalue weighted by molar-refractivity contribution is -0.118. The molecule has 0 aliphatic heterocycles. The van der Waals surface area contributed by atoms with Gasteiger partial charge in [-0.2, -0.15) is 0 Å². The molecule has 0 aliphatic carbocycles. The minimum Gasteiger partial charge on any atom is -0.396 e. The number of aliphatic hydroxyl groups excluding tert-OH is 1. The number of nitrogens with one attached hydrogen (secondary N) is 1. The van der Waals surface area contributed by atoms with Gasteiger partial charge in [-0.05, 0) is 44.0 Å². The van der Waals surface area contributed by atoms with Crippen LogP contribution in [0, 0.1) is 5.82 Å². The Morgan fingerprint density at radius 1 is 1.50 bits per heavy atom. The SMILES string of the molecule is CC(C)(CCO)NC(=O)/C=C/c1cccc(F)c1. The van der Waals surface area contributed by atoms with E-state index in [2.05, 4.69) is 5.32 Å². The topological polar surface area (TPSA) is 49.3 Å². The smallest absolute Gasteiger partial charge is 0.244 e. The summed E-state index contributed by atoms with van der Waals surface area (Å²) < 4.78 is 12.9. The van der Waals surface area contributed by atoms with Gasteiger partial charge in [0.25, 0.3) is 0 Å². The van der Waals surface area contributed by atoms with E-state index in [0.717, 1.165) is 0 Å². The number of hydrogen-bond acceptors (Lipinski definition) is 2. The summed E-state index contributed by atoms with van der Waals surface area (Å²) in [5.74, 6) is -0.601. The molecular weight excluding hydrogens is 233 g/mol. The molecule has 0 radical (unpaired) electrons. The van der Waals surface area contributed by atoms with Crippen LogP contribution in [-0.2, 0) is 4.79 Å². The number of halogens is 1. The minimum atomic E-state index is -0.460. The van der Waals surface area contributed by atoms with Gasteiger partial charge >= 0.3 is 0 Å². The number of amides is 1. The highest BCUT2D eigenvalue weighted by Crippen LogP contribution is 2.08. The number of aliphatic hydroxyl groups is 1. The van der Waals surface area contributed by atoms with Gasteiger partial charge in [0.15, 0.2) is 0 Å². The first-order valence-electron chi connectivity index (χ1n) is 5.79. The largest absolute Gasteiger partial charge is 0.396 e. The van der Waals surface area contributed by atoms with Crippen LogP contribution >= 0.6 is 0 Å². The molecule has 0 spiro atoms. The monoisotopic (exact) mass is 251 g/mol. The summed E-state index contributed by atoms with van der Waals surface area (Å²) in [5.41, 5.74) is 0.170. The van der Waals surface area contributed by atoms with E-state index >= 15 is 0 Å². The average Bonchev–Trinajstić information content (AvgIpc) is 2.25. The summed E-state index contributed by atoms with van der Waals surface area (Å²) in [6.07, 6.45) is 3.38. The van der Waals surface area contributed by atoms with E-state index < -0.39 is 5.54 Å². The Kier molecular flexibility index (Phi) is 5.04. The van der Waals surface area contributed by atoms with Crippen LogP contribution in [0.1, 0.15) is 25.8 Å². The fourth-order valence-corrected chi connectivity index (χ4v) is 1.50. The number of carbonyl (C=O) groups excluding carboxylic acids is 1. The van der Waals surface area contributed by atoms with Gasteiger partial charge in [0.05, 0.1) is 0 Å². The van der Waals surface area contributed by atoms with Gasteiger partial charge in [0.2, 0.25) is 5.91 Å². The molecule has 0 bridgehead atoms. The standard InChI is InChI=1S/C14H18FNO2/c1-14(2,8-9-17)16-13(18)7-6-11-4-3-5-12(15)10-11/h3-7,10,17H,8-9H2,1-2H3,(H,16,18)/b7-6+. The van der Waals surface area contributed by atoms with Gasteiger partial charge in [-0.15, -0.1) is 0 Å². The Morgan fingerprint density at radius 3 is 2.83 bits per heavy atom. The molecule has 0 fully saturated rings. The zero-order valence-corrected chi connectivity index (χ0v) is 10.6. The van der Waals surface area contributed by atoms with Crippen molar-refractivity contribution < 1.29 is 14.3 Å². The lowest BCUT2D eigenvalue weighted by Crippen LogP contribution is -2.43. The summed E-state index contributed by atoms with van der Waals surface area (Å²) in [6.45, 7) is 3.68. The van der Waals surface area contributed by atoms with Crippen molar-refractivity contribution in [3.63, 3.8) is 0 Å². The summed E-state index contributed by atoms with van der Waals surface area (Å²) in [5, 5.41) is 11.6. The van der Waals surface area contributed by atoms with E-state index in [0.29, 0.717) is 12.0 Å². The van der Waals surface area contributed by atoms with E-state index in [9.17, 15) is 9.18 Å². The second-order valence-corrected chi connectivity index (χ2v) is 4.74. The molecule has 0 atom stereocenters. The van der Waals surface area contributed by atoms with Crippen LogP contribution in [0.2, 0.25) is 0 Å². The molecule has 0 saturated heterocycles. The molecule has 0 saturated carbocycles. The quantitative estimate of drug-likeness (QED) is 0.787. The van der Waals surface area contributed by atoms with Crippen LogP contribution in [0.5, 0.6) is 0 Å². The minimum absolute atomic E-state index is 0.0148. The van der Waals surface area contributed by atoms with Crippen molar-refractivity contribution in [2.24, 2.45) is 0 Å². The summed E-state index contributed by atoms with van der Waals surface area (Å²) in [7, 11) is 0. The molecule has 98 valence electrons. The molecule has 0 aromatic heterocycles. The van der Waals surface area contributed by atoms with Gasteiger partial charge in [0.1, 0.15) is 5.82 Å². The van der Waals surface area contributed by atoms with E-state index in [4.69, 9.17) is 5.11 Å². The predicted octanol–water partition coefficient (Wildman–Crippen LogP) is 2.12. The van der Waals surface area contributed by atoms with E-state index in [-0.39, 0.29) is 18.3 Å². The molecule has 0 heterocycles. The highest BCUT2D eigenvalue weighted by Gasteiger charge is 2.17. The molecule has 18 heavy (non-hydrogen) atoms. The first kappa shape index (κ1) is 14.4. The fourth-order valence-electron chi connectivity index (χ4n) is 1.50. The molecule has 1 amide bonds. The fraction of sp³-hybridized carbons (Fsp3) is 0.357. The van der Waals surface area contributed by atoms with Gasteiger partial charge in [-0.1, -0.05) is 12.1 Å². The van der Waals surface area contributed by atoms with Crippen molar-refractivity contribution in [1.82, 2.24) is 5.32 Å². The Labute approximate surface area is 106 Å². The first-order valence-corrected chi connectivity index (χ1v) is 5.79. The van der Waals surface area contributed by atoms with Crippen LogP contribution in [0.15, 0.2) is 30.3 Å². The summed E-state index contributed by atoms with van der Waals surface area (Å²) in [4.78, 5) is 11.6. The van der Waals surface area contributed by atoms with Crippen LogP contribution in [-0.4, -0.2) is 23.2 Å². The molecular formula is C14H18FNO2. The van der Waals surface area contributed by atoms with Gasteiger partial charge in [-0.25, -0.2) is 4.39 Å². The molecule has 1 rings (SSSR count). The highest BCUT2D eigenvalue weighted by molar-refractivity contribution is 5.92. The van der Waals surface area contributed by atoms with Crippen molar-refractivity contribution in [2.75, 3.05) is 6.61 Å². The molecule has 0 unspecified atom stereocenters. The number of hydrogen-bond donors (Lipinski definition) is 2. The van der Waals surface area contributed by atoms with Crippen LogP contribution in [0.4, 0.5) is 4.39 Å². The maximum absolute atomic E-state index is 12.9. The maximum atomic E-state index is 12.9. The second kappa shape index (κ2) is 6.31.